The fourth-order valence-electron chi connectivity index (χ4n) is 2.43. The van der Waals surface area contributed by atoms with E-state index >= 15 is 0 Å². The van der Waals surface area contributed by atoms with Crippen molar-refractivity contribution in [3.63, 3.8) is 0 Å². The van der Waals surface area contributed by atoms with E-state index in [2.05, 4.69) is 18.7 Å². The lowest BCUT2D eigenvalue weighted by Crippen LogP contribution is -2.21. The van der Waals surface area contributed by atoms with E-state index < -0.39 is 5.97 Å². The number of nitrogens with zero attached hydrogens (tertiary/aromatic N) is 1. The molecule has 0 bridgehead atoms. The summed E-state index contributed by atoms with van der Waals surface area (Å²) in [4.78, 5) is 26.3. The van der Waals surface area contributed by atoms with Gasteiger partial charge in [0.05, 0.1) is 5.56 Å². The van der Waals surface area contributed by atoms with Crippen LogP contribution in [0.1, 0.15) is 40.1 Å². The summed E-state index contributed by atoms with van der Waals surface area (Å²) < 4.78 is 5.13. The third kappa shape index (κ3) is 4.44. The summed E-state index contributed by atoms with van der Waals surface area (Å²) in [5.74, 6) is -0.690. The second kappa shape index (κ2) is 8.29. The molecule has 0 aliphatic rings. The molecule has 0 radical (unpaired) electrons. The van der Waals surface area contributed by atoms with E-state index in [9.17, 15) is 9.59 Å². The van der Waals surface area contributed by atoms with Crippen LogP contribution >= 0.6 is 0 Å². The largest absolute Gasteiger partial charge is 0.454 e. The highest BCUT2D eigenvalue weighted by Crippen LogP contribution is 2.15. The molecular weight excluding hydrogens is 302 g/mol. The number of benzene rings is 2. The Morgan fingerprint density at radius 2 is 1.42 bits per heavy atom. The number of Topliss-reactive ketones (excluding diaryl/α,β-unsaturated/α-hetero) is 1. The van der Waals surface area contributed by atoms with Gasteiger partial charge in [-0.1, -0.05) is 29.8 Å². The maximum atomic E-state index is 12.1. The Kier molecular flexibility index (Phi) is 6.13. The van der Waals surface area contributed by atoms with Crippen molar-refractivity contribution in [2.75, 3.05) is 24.6 Å². The zero-order valence-corrected chi connectivity index (χ0v) is 14.4. The molecule has 0 aliphatic carbocycles. The van der Waals surface area contributed by atoms with Gasteiger partial charge in [0.15, 0.2) is 12.4 Å². The maximum absolute atomic E-state index is 12.1. The quantitative estimate of drug-likeness (QED) is 0.572. The molecule has 2 rings (SSSR count). The van der Waals surface area contributed by atoms with Crippen LogP contribution in [0.25, 0.3) is 0 Å². The van der Waals surface area contributed by atoms with Gasteiger partial charge in [-0.15, -0.1) is 0 Å². The Morgan fingerprint density at radius 3 is 1.96 bits per heavy atom. The molecule has 0 aromatic heterocycles. The molecule has 0 fully saturated rings. The van der Waals surface area contributed by atoms with Crippen molar-refractivity contribution in [1.82, 2.24) is 0 Å². The molecule has 4 nitrogen and oxygen atoms in total. The van der Waals surface area contributed by atoms with Crippen LogP contribution in [-0.4, -0.2) is 31.4 Å². The SMILES string of the molecule is CCN(CC)c1ccc(C(=O)OCC(=O)c2ccc(C)cc2)cc1. The van der Waals surface area contributed by atoms with E-state index in [1.807, 2.05) is 31.2 Å². The topological polar surface area (TPSA) is 46.6 Å². The van der Waals surface area contributed by atoms with Crippen LogP contribution in [0.4, 0.5) is 5.69 Å². The number of anilines is 1. The average molecular weight is 325 g/mol. The molecule has 4 heteroatoms. The van der Waals surface area contributed by atoms with Gasteiger partial charge >= 0.3 is 5.97 Å². The zero-order chi connectivity index (χ0) is 17.5. The summed E-state index contributed by atoms with van der Waals surface area (Å²) in [5.41, 5.74) is 3.14. The molecule has 0 saturated carbocycles. The number of hydrogen-bond acceptors (Lipinski definition) is 4. The van der Waals surface area contributed by atoms with Crippen molar-refractivity contribution in [3.05, 3.63) is 65.2 Å². The standard InChI is InChI=1S/C20H23NO3/c1-4-21(5-2)18-12-10-17(11-13-18)20(23)24-14-19(22)16-8-6-15(3)7-9-16/h6-13H,4-5,14H2,1-3H3. The predicted molar refractivity (Wildman–Crippen MR) is 95.8 cm³/mol. The van der Waals surface area contributed by atoms with E-state index in [0.717, 1.165) is 24.3 Å². The second-order valence-corrected chi connectivity index (χ2v) is 5.58. The number of aryl methyl sites for hydroxylation is 1. The van der Waals surface area contributed by atoms with Gasteiger partial charge in [0.2, 0.25) is 0 Å². The smallest absolute Gasteiger partial charge is 0.338 e. The maximum Gasteiger partial charge on any atom is 0.338 e. The summed E-state index contributed by atoms with van der Waals surface area (Å²) in [6, 6.07) is 14.5. The second-order valence-electron chi connectivity index (χ2n) is 5.58. The predicted octanol–water partition coefficient (Wildman–Crippen LogP) is 3.88. The van der Waals surface area contributed by atoms with E-state index in [1.54, 1.807) is 24.3 Å². The molecular formula is C20H23NO3. The molecule has 0 atom stereocenters. The molecule has 0 spiro atoms. The van der Waals surface area contributed by atoms with Gasteiger partial charge in [-0.05, 0) is 45.0 Å². The lowest BCUT2D eigenvalue weighted by Gasteiger charge is -2.20. The molecule has 0 unspecified atom stereocenters. The minimum Gasteiger partial charge on any atom is -0.454 e. The summed E-state index contributed by atoms with van der Waals surface area (Å²) in [6.45, 7) is 7.69. The van der Waals surface area contributed by atoms with Crippen molar-refractivity contribution >= 4 is 17.4 Å². The van der Waals surface area contributed by atoms with E-state index in [4.69, 9.17) is 4.74 Å². The first kappa shape index (κ1) is 17.7. The number of carbonyl (C=O) groups excluding carboxylic acids is 2. The summed E-state index contributed by atoms with van der Waals surface area (Å²) in [5, 5.41) is 0. The average Bonchev–Trinajstić information content (AvgIpc) is 2.61. The minimum atomic E-state index is -0.485. The molecule has 24 heavy (non-hydrogen) atoms. The van der Waals surface area contributed by atoms with Gasteiger partial charge < -0.3 is 9.64 Å². The lowest BCUT2D eigenvalue weighted by molar-refractivity contribution is 0.0475. The van der Waals surface area contributed by atoms with E-state index in [0.29, 0.717) is 11.1 Å². The van der Waals surface area contributed by atoms with Crippen LogP contribution in [0.3, 0.4) is 0 Å². The molecule has 2 aromatic carbocycles. The highest BCUT2D eigenvalue weighted by Gasteiger charge is 2.12. The Bertz CT molecular complexity index is 686. The van der Waals surface area contributed by atoms with Crippen LogP contribution in [0.5, 0.6) is 0 Å². The third-order valence-electron chi connectivity index (χ3n) is 3.94. The van der Waals surface area contributed by atoms with Gasteiger partial charge in [-0.2, -0.15) is 0 Å². The summed E-state index contributed by atoms with van der Waals surface area (Å²) in [7, 11) is 0. The number of rotatable bonds is 7. The van der Waals surface area contributed by atoms with Gasteiger partial charge in [0, 0.05) is 24.3 Å². The van der Waals surface area contributed by atoms with Crippen molar-refractivity contribution in [1.29, 1.82) is 0 Å². The highest BCUT2D eigenvalue weighted by atomic mass is 16.5. The van der Waals surface area contributed by atoms with Crippen LogP contribution in [0.2, 0.25) is 0 Å². The van der Waals surface area contributed by atoms with Crippen molar-refractivity contribution in [2.24, 2.45) is 0 Å². The summed E-state index contributed by atoms with van der Waals surface area (Å²) >= 11 is 0. The molecule has 0 N–H and O–H groups in total. The van der Waals surface area contributed by atoms with Crippen molar-refractivity contribution in [2.45, 2.75) is 20.8 Å². The van der Waals surface area contributed by atoms with Crippen LogP contribution < -0.4 is 4.90 Å². The summed E-state index contributed by atoms with van der Waals surface area (Å²) in [6.07, 6.45) is 0. The van der Waals surface area contributed by atoms with Gasteiger partial charge in [0.25, 0.3) is 0 Å². The van der Waals surface area contributed by atoms with Gasteiger partial charge in [0.1, 0.15) is 0 Å². The van der Waals surface area contributed by atoms with Gasteiger partial charge in [-0.3, -0.25) is 4.79 Å². The normalized spacial score (nSPS) is 10.3. The number of esters is 1. The minimum absolute atomic E-state index is 0.205. The van der Waals surface area contributed by atoms with Crippen molar-refractivity contribution < 1.29 is 14.3 Å². The highest BCUT2D eigenvalue weighted by molar-refractivity contribution is 5.99. The Morgan fingerprint density at radius 1 is 0.875 bits per heavy atom. The van der Waals surface area contributed by atoms with Crippen LogP contribution in [0, 0.1) is 6.92 Å². The van der Waals surface area contributed by atoms with E-state index in [1.165, 1.54) is 0 Å². The fraction of sp³-hybridized carbons (Fsp3) is 0.300. The first-order chi connectivity index (χ1) is 11.5. The first-order valence-electron chi connectivity index (χ1n) is 8.17. The third-order valence-corrected chi connectivity index (χ3v) is 3.94. The number of hydrogen-bond donors (Lipinski definition) is 0. The van der Waals surface area contributed by atoms with Crippen LogP contribution in [-0.2, 0) is 4.74 Å². The van der Waals surface area contributed by atoms with Crippen LogP contribution in [0.15, 0.2) is 48.5 Å². The Hall–Kier alpha value is -2.62. The zero-order valence-electron chi connectivity index (χ0n) is 14.4. The molecule has 0 heterocycles. The monoisotopic (exact) mass is 325 g/mol. The number of ketones is 1. The Balaban J connectivity index is 1.94. The van der Waals surface area contributed by atoms with Gasteiger partial charge in [-0.25, -0.2) is 4.79 Å². The fourth-order valence-corrected chi connectivity index (χ4v) is 2.43. The number of ether oxygens (including phenoxy) is 1. The molecule has 126 valence electrons. The first-order valence-corrected chi connectivity index (χ1v) is 8.17. The van der Waals surface area contributed by atoms with Crippen molar-refractivity contribution in [3.8, 4) is 0 Å². The lowest BCUT2D eigenvalue weighted by atomic mass is 10.1. The molecule has 0 aliphatic heterocycles. The number of carbonyl (C=O) groups is 2. The Labute approximate surface area is 143 Å². The molecule has 0 saturated heterocycles. The molecule has 0 amide bonds. The van der Waals surface area contributed by atoms with E-state index in [-0.39, 0.29) is 12.4 Å². The molecule has 2 aromatic rings.